The number of aromatic nitrogens is 2. The number of nitrogens with two attached hydrogens (primary N) is 1. The molecule has 1 aromatic heterocycles. The molecule has 0 bridgehead atoms. The fourth-order valence-electron chi connectivity index (χ4n) is 2.97. The summed E-state index contributed by atoms with van der Waals surface area (Å²) in [6.45, 7) is 0.349. The van der Waals surface area contributed by atoms with E-state index in [9.17, 15) is 17.6 Å². The normalized spacial score (nSPS) is 15.1. The molecule has 0 spiro atoms. The SMILES string of the molecule is NCc1cc(F)cc(-c2cnn(C3CCCCC3)c2)c1.O=C(O)C(F)(F)F. The Bertz CT molecular complexity index is 768. The number of hydrogen-bond donors (Lipinski definition) is 2. The van der Waals surface area contributed by atoms with Gasteiger partial charge in [0.15, 0.2) is 0 Å². The van der Waals surface area contributed by atoms with Crippen LogP contribution >= 0.6 is 0 Å². The van der Waals surface area contributed by atoms with Crippen molar-refractivity contribution in [1.29, 1.82) is 0 Å². The lowest BCUT2D eigenvalue weighted by molar-refractivity contribution is -0.192. The molecule has 3 rings (SSSR count). The third kappa shape index (κ3) is 6.06. The molecule has 0 saturated heterocycles. The Balaban J connectivity index is 0.000000321. The predicted octanol–water partition coefficient (Wildman–Crippen LogP) is 4.29. The first-order valence-corrected chi connectivity index (χ1v) is 8.55. The Morgan fingerprint density at radius 2 is 1.81 bits per heavy atom. The number of halogens is 4. The molecule has 1 aliphatic rings. The summed E-state index contributed by atoms with van der Waals surface area (Å²) in [4.78, 5) is 8.90. The van der Waals surface area contributed by atoms with Gasteiger partial charge in [-0.1, -0.05) is 19.3 Å². The number of benzene rings is 1. The van der Waals surface area contributed by atoms with Gasteiger partial charge in [0.05, 0.1) is 12.2 Å². The minimum atomic E-state index is -5.08. The van der Waals surface area contributed by atoms with Crippen molar-refractivity contribution in [2.75, 3.05) is 0 Å². The highest BCUT2D eigenvalue weighted by molar-refractivity contribution is 5.73. The van der Waals surface area contributed by atoms with E-state index in [1.165, 1.54) is 38.2 Å². The van der Waals surface area contributed by atoms with Crippen LogP contribution in [0.2, 0.25) is 0 Å². The number of carboxylic acid groups (broad SMARTS) is 1. The molecule has 3 N–H and O–H groups in total. The molecular weight excluding hydrogens is 366 g/mol. The largest absolute Gasteiger partial charge is 0.490 e. The second-order valence-electron chi connectivity index (χ2n) is 6.36. The van der Waals surface area contributed by atoms with Crippen molar-refractivity contribution in [3.05, 3.63) is 42.0 Å². The van der Waals surface area contributed by atoms with E-state index in [2.05, 4.69) is 5.10 Å². The summed E-state index contributed by atoms with van der Waals surface area (Å²) in [5.74, 6) is -3.00. The lowest BCUT2D eigenvalue weighted by Gasteiger charge is -2.21. The van der Waals surface area contributed by atoms with Crippen LogP contribution < -0.4 is 5.73 Å². The minimum Gasteiger partial charge on any atom is -0.475 e. The van der Waals surface area contributed by atoms with Crippen LogP contribution in [-0.4, -0.2) is 27.0 Å². The minimum absolute atomic E-state index is 0.242. The predicted molar refractivity (Wildman–Crippen MR) is 91.3 cm³/mol. The highest BCUT2D eigenvalue weighted by Gasteiger charge is 2.38. The first kappa shape index (κ1) is 20.9. The molecule has 1 aromatic carbocycles. The lowest BCUT2D eigenvalue weighted by atomic mass is 9.96. The molecule has 1 heterocycles. The monoisotopic (exact) mass is 387 g/mol. The Morgan fingerprint density at radius 1 is 1.19 bits per heavy atom. The van der Waals surface area contributed by atoms with E-state index in [-0.39, 0.29) is 5.82 Å². The fraction of sp³-hybridized carbons (Fsp3) is 0.444. The molecule has 0 unspecified atom stereocenters. The number of hydrogen-bond acceptors (Lipinski definition) is 3. The number of nitrogens with zero attached hydrogens (tertiary/aromatic N) is 2. The molecule has 1 saturated carbocycles. The van der Waals surface area contributed by atoms with Crippen LogP contribution in [0.15, 0.2) is 30.6 Å². The molecule has 0 radical (unpaired) electrons. The van der Waals surface area contributed by atoms with E-state index in [4.69, 9.17) is 15.6 Å². The smallest absolute Gasteiger partial charge is 0.475 e. The van der Waals surface area contributed by atoms with E-state index < -0.39 is 12.1 Å². The first-order valence-electron chi connectivity index (χ1n) is 8.55. The average molecular weight is 387 g/mol. The highest BCUT2D eigenvalue weighted by Crippen LogP contribution is 2.29. The standard InChI is InChI=1S/C16H20FN3.C2HF3O2/c17-15-7-12(9-18)6-13(8-15)14-10-19-20(11-14)16-4-2-1-3-5-16;3-2(4,5)1(6)7/h6-8,10-11,16H,1-5,9,18H2;(H,6,7). The van der Waals surface area contributed by atoms with Gasteiger partial charge in [-0.3, -0.25) is 4.68 Å². The molecule has 0 amide bonds. The van der Waals surface area contributed by atoms with Gasteiger partial charge in [-0.15, -0.1) is 0 Å². The Hall–Kier alpha value is -2.42. The van der Waals surface area contributed by atoms with Gasteiger partial charge in [0, 0.05) is 18.3 Å². The maximum Gasteiger partial charge on any atom is 0.490 e. The Labute approximate surface area is 153 Å². The number of carbonyl (C=O) groups is 1. The van der Waals surface area contributed by atoms with Gasteiger partial charge in [-0.05, 0) is 42.2 Å². The van der Waals surface area contributed by atoms with E-state index in [1.807, 2.05) is 23.1 Å². The molecule has 1 aliphatic carbocycles. The molecule has 9 heteroatoms. The van der Waals surface area contributed by atoms with Crippen molar-refractivity contribution in [1.82, 2.24) is 9.78 Å². The van der Waals surface area contributed by atoms with Crippen LogP contribution in [-0.2, 0) is 11.3 Å². The van der Waals surface area contributed by atoms with Gasteiger partial charge in [-0.2, -0.15) is 18.3 Å². The van der Waals surface area contributed by atoms with Crippen LogP contribution in [0.3, 0.4) is 0 Å². The van der Waals surface area contributed by atoms with Crippen LogP contribution in [0, 0.1) is 5.82 Å². The van der Waals surface area contributed by atoms with Crippen LogP contribution in [0.5, 0.6) is 0 Å². The fourth-order valence-corrected chi connectivity index (χ4v) is 2.97. The van der Waals surface area contributed by atoms with Crippen LogP contribution in [0.1, 0.15) is 43.7 Å². The molecule has 0 atom stereocenters. The lowest BCUT2D eigenvalue weighted by Crippen LogP contribution is -2.21. The Morgan fingerprint density at radius 3 is 2.37 bits per heavy atom. The molecule has 2 aromatic rings. The van der Waals surface area contributed by atoms with Gasteiger partial charge in [0.25, 0.3) is 0 Å². The summed E-state index contributed by atoms with van der Waals surface area (Å²) in [5, 5.41) is 11.6. The maximum absolute atomic E-state index is 13.6. The molecule has 1 fully saturated rings. The van der Waals surface area contributed by atoms with E-state index in [1.54, 1.807) is 6.07 Å². The quantitative estimate of drug-likeness (QED) is 0.770. The molecule has 148 valence electrons. The Kier molecular flexibility index (Phi) is 6.95. The molecular formula is C18H21F4N3O2. The number of aliphatic carboxylic acids is 1. The van der Waals surface area contributed by atoms with E-state index >= 15 is 0 Å². The highest BCUT2D eigenvalue weighted by atomic mass is 19.4. The van der Waals surface area contributed by atoms with Crippen molar-refractivity contribution < 1.29 is 27.5 Å². The van der Waals surface area contributed by atoms with Crippen molar-refractivity contribution >= 4 is 5.97 Å². The van der Waals surface area contributed by atoms with E-state index in [0.717, 1.165) is 16.7 Å². The summed E-state index contributed by atoms with van der Waals surface area (Å²) in [6.07, 6.45) is 5.04. The zero-order chi connectivity index (χ0) is 20.0. The third-order valence-electron chi connectivity index (χ3n) is 4.32. The number of rotatable bonds is 3. The number of alkyl halides is 3. The van der Waals surface area contributed by atoms with E-state index in [0.29, 0.717) is 12.6 Å². The second-order valence-corrected chi connectivity index (χ2v) is 6.36. The summed E-state index contributed by atoms with van der Waals surface area (Å²) in [6, 6.07) is 5.46. The average Bonchev–Trinajstić information content (AvgIpc) is 3.12. The molecule has 27 heavy (non-hydrogen) atoms. The van der Waals surface area contributed by atoms with Gasteiger partial charge < -0.3 is 10.8 Å². The van der Waals surface area contributed by atoms with Crippen molar-refractivity contribution in [2.45, 2.75) is 50.9 Å². The summed E-state index contributed by atoms with van der Waals surface area (Å²) in [5.41, 5.74) is 8.23. The van der Waals surface area contributed by atoms with Gasteiger partial charge in [0.2, 0.25) is 0 Å². The van der Waals surface area contributed by atoms with Crippen LogP contribution in [0.25, 0.3) is 11.1 Å². The van der Waals surface area contributed by atoms with Crippen molar-refractivity contribution in [3.63, 3.8) is 0 Å². The van der Waals surface area contributed by atoms with Gasteiger partial charge in [0.1, 0.15) is 5.82 Å². The summed E-state index contributed by atoms with van der Waals surface area (Å²) in [7, 11) is 0. The van der Waals surface area contributed by atoms with Crippen molar-refractivity contribution in [3.8, 4) is 11.1 Å². The second kappa shape index (κ2) is 8.98. The molecule has 0 aliphatic heterocycles. The van der Waals surface area contributed by atoms with Crippen molar-refractivity contribution in [2.24, 2.45) is 5.73 Å². The first-order chi connectivity index (χ1) is 12.7. The third-order valence-corrected chi connectivity index (χ3v) is 4.32. The van der Waals surface area contributed by atoms with Gasteiger partial charge in [-0.25, -0.2) is 9.18 Å². The maximum atomic E-state index is 13.6. The zero-order valence-corrected chi connectivity index (χ0v) is 14.5. The van der Waals surface area contributed by atoms with Crippen LogP contribution in [0.4, 0.5) is 17.6 Å². The molecule has 5 nitrogen and oxygen atoms in total. The zero-order valence-electron chi connectivity index (χ0n) is 14.5. The topological polar surface area (TPSA) is 81.1 Å². The number of carboxylic acids is 1. The summed E-state index contributed by atoms with van der Waals surface area (Å²) < 4.78 is 47.4. The summed E-state index contributed by atoms with van der Waals surface area (Å²) >= 11 is 0. The van der Waals surface area contributed by atoms with Gasteiger partial charge >= 0.3 is 12.1 Å².